The van der Waals surface area contributed by atoms with Gasteiger partial charge in [-0.25, -0.2) is 4.79 Å². The number of alkyl carbamates (subject to hydrolysis) is 1. The van der Waals surface area contributed by atoms with Gasteiger partial charge in [-0.1, -0.05) is 6.92 Å². The van der Waals surface area contributed by atoms with E-state index in [-0.39, 0.29) is 11.7 Å². The lowest BCUT2D eigenvalue weighted by atomic mass is 9.95. The van der Waals surface area contributed by atoms with Gasteiger partial charge in [-0.3, -0.25) is 0 Å². The highest BCUT2D eigenvalue weighted by molar-refractivity contribution is 5.70. The van der Waals surface area contributed by atoms with Gasteiger partial charge in [0.25, 0.3) is 0 Å². The molecule has 2 heterocycles. The van der Waals surface area contributed by atoms with E-state index < -0.39 is 0 Å². The lowest BCUT2D eigenvalue weighted by Crippen LogP contribution is -2.39. The molecule has 0 spiro atoms. The molecule has 2 unspecified atom stereocenters. The highest BCUT2D eigenvalue weighted by atomic mass is 16.6. The fourth-order valence-corrected chi connectivity index (χ4v) is 2.71. The fraction of sp³-hybridized carbons (Fsp3) is 0.909. The van der Waals surface area contributed by atoms with Gasteiger partial charge in [0.05, 0.1) is 6.54 Å². The van der Waals surface area contributed by atoms with Crippen molar-refractivity contribution in [2.75, 3.05) is 19.6 Å². The average Bonchev–Trinajstić information content (AvgIpc) is 2.74. The molecular weight excluding hydrogens is 192 g/mol. The van der Waals surface area contributed by atoms with Crippen molar-refractivity contribution >= 4 is 6.09 Å². The number of rotatable bonds is 3. The topological polar surface area (TPSA) is 41.6 Å². The molecule has 2 saturated heterocycles. The third-order valence-electron chi connectivity index (χ3n) is 3.52. The molecule has 0 aromatic rings. The van der Waals surface area contributed by atoms with Crippen LogP contribution >= 0.6 is 0 Å². The molecule has 0 aliphatic carbocycles. The van der Waals surface area contributed by atoms with Crippen molar-refractivity contribution in [2.45, 2.75) is 44.8 Å². The number of nitrogens with one attached hydrogen (secondary N) is 1. The van der Waals surface area contributed by atoms with Crippen LogP contribution in [0.4, 0.5) is 4.79 Å². The van der Waals surface area contributed by atoms with E-state index in [0.717, 1.165) is 13.0 Å². The second-order valence-corrected chi connectivity index (χ2v) is 4.82. The Morgan fingerprint density at radius 3 is 3.07 bits per heavy atom. The van der Waals surface area contributed by atoms with Crippen LogP contribution < -0.4 is 5.32 Å². The van der Waals surface area contributed by atoms with Gasteiger partial charge in [-0.2, -0.15) is 0 Å². The molecule has 0 aromatic carbocycles. The molecule has 2 aliphatic rings. The van der Waals surface area contributed by atoms with Crippen LogP contribution in [0.15, 0.2) is 0 Å². The Morgan fingerprint density at radius 2 is 2.47 bits per heavy atom. The van der Waals surface area contributed by atoms with Crippen molar-refractivity contribution in [2.24, 2.45) is 0 Å². The van der Waals surface area contributed by atoms with E-state index in [0.29, 0.717) is 12.6 Å². The van der Waals surface area contributed by atoms with Crippen molar-refractivity contribution in [3.63, 3.8) is 0 Å². The molecule has 0 saturated carbocycles. The summed E-state index contributed by atoms with van der Waals surface area (Å²) in [6.45, 7) is 7.16. The van der Waals surface area contributed by atoms with Crippen LogP contribution in [0.2, 0.25) is 0 Å². The summed E-state index contributed by atoms with van der Waals surface area (Å²) in [6.07, 6.45) is 3.20. The number of ether oxygens (including phenoxy) is 1. The maximum absolute atomic E-state index is 11.0. The molecule has 2 fully saturated rings. The Kier molecular flexibility index (Phi) is 2.87. The Bertz CT molecular complexity index is 257. The smallest absolute Gasteiger partial charge is 0.407 e. The van der Waals surface area contributed by atoms with Gasteiger partial charge >= 0.3 is 6.09 Å². The first-order chi connectivity index (χ1) is 7.13. The summed E-state index contributed by atoms with van der Waals surface area (Å²) in [6, 6.07) is 0.590. The second-order valence-electron chi connectivity index (χ2n) is 4.82. The van der Waals surface area contributed by atoms with Gasteiger partial charge in [0.15, 0.2) is 0 Å². The number of amides is 1. The number of nitrogens with zero attached hydrogens (tertiary/aromatic N) is 1. The van der Waals surface area contributed by atoms with E-state index in [1.54, 1.807) is 0 Å². The molecule has 86 valence electrons. The Hall–Kier alpha value is -0.770. The molecule has 0 aromatic heterocycles. The van der Waals surface area contributed by atoms with Crippen LogP contribution in [0.5, 0.6) is 0 Å². The van der Waals surface area contributed by atoms with Gasteiger partial charge in [-0.05, 0) is 32.9 Å². The SMILES string of the molecule is CCN1CCCC1CC1(C)CNC(=O)O1. The Labute approximate surface area is 91.0 Å². The van der Waals surface area contributed by atoms with Crippen LogP contribution in [0.1, 0.15) is 33.1 Å². The van der Waals surface area contributed by atoms with E-state index in [1.807, 2.05) is 6.92 Å². The monoisotopic (exact) mass is 212 g/mol. The maximum atomic E-state index is 11.0. The summed E-state index contributed by atoms with van der Waals surface area (Å²) in [5.41, 5.74) is -0.292. The molecule has 2 atom stereocenters. The predicted molar refractivity (Wildman–Crippen MR) is 57.8 cm³/mol. The second kappa shape index (κ2) is 4.00. The van der Waals surface area contributed by atoms with Crippen LogP contribution in [0, 0.1) is 0 Å². The molecule has 2 aliphatic heterocycles. The summed E-state index contributed by atoms with van der Waals surface area (Å²) in [5.74, 6) is 0. The third kappa shape index (κ3) is 2.25. The largest absolute Gasteiger partial charge is 0.441 e. The lowest BCUT2D eigenvalue weighted by molar-refractivity contribution is 0.0438. The highest BCUT2D eigenvalue weighted by Gasteiger charge is 2.39. The number of hydrogen-bond acceptors (Lipinski definition) is 3. The molecule has 0 bridgehead atoms. The lowest BCUT2D eigenvalue weighted by Gasteiger charge is -2.30. The molecule has 0 radical (unpaired) electrons. The van der Waals surface area contributed by atoms with E-state index in [1.165, 1.54) is 19.4 Å². The molecule has 1 amide bonds. The minimum absolute atomic E-state index is 0.265. The predicted octanol–water partition coefficient (Wildman–Crippen LogP) is 1.36. The van der Waals surface area contributed by atoms with E-state index in [2.05, 4.69) is 17.1 Å². The first-order valence-electron chi connectivity index (χ1n) is 5.84. The first-order valence-corrected chi connectivity index (χ1v) is 5.84. The normalized spacial score (nSPS) is 36.7. The molecule has 4 nitrogen and oxygen atoms in total. The van der Waals surface area contributed by atoms with Gasteiger partial charge < -0.3 is 15.0 Å². The zero-order valence-corrected chi connectivity index (χ0v) is 9.58. The van der Waals surface area contributed by atoms with Crippen LogP contribution in [0.3, 0.4) is 0 Å². The number of carbonyl (C=O) groups excluding carboxylic acids is 1. The zero-order valence-electron chi connectivity index (χ0n) is 9.58. The third-order valence-corrected chi connectivity index (χ3v) is 3.52. The van der Waals surface area contributed by atoms with E-state index in [9.17, 15) is 4.79 Å². The number of cyclic esters (lactones) is 1. The fourth-order valence-electron chi connectivity index (χ4n) is 2.71. The van der Waals surface area contributed by atoms with E-state index in [4.69, 9.17) is 4.74 Å². The Balaban J connectivity index is 1.93. The van der Waals surface area contributed by atoms with Gasteiger partial charge in [-0.15, -0.1) is 0 Å². The minimum atomic E-state index is -0.292. The quantitative estimate of drug-likeness (QED) is 0.768. The van der Waals surface area contributed by atoms with Gasteiger partial charge in [0, 0.05) is 12.5 Å². The first kappa shape index (κ1) is 10.7. The van der Waals surface area contributed by atoms with Crippen molar-refractivity contribution in [1.82, 2.24) is 10.2 Å². The zero-order chi connectivity index (χ0) is 10.9. The van der Waals surface area contributed by atoms with Gasteiger partial charge in [0.1, 0.15) is 5.60 Å². The summed E-state index contributed by atoms with van der Waals surface area (Å²) in [5, 5.41) is 2.74. The number of likely N-dealkylation sites (tertiary alicyclic amines) is 1. The number of hydrogen-bond donors (Lipinski definition) is 1. The molecule has 4 heteroatoms. The Morgan fingerprint density at radius 1 is 1.67 bits per heavy atom. The number of carbonyl (C=O) groups is 1. The summed E-state index contributed by atoms with van der Waals surface area (Å²) in [4.78, 5) is 13.5. The van der Waals surface area contributed by atoms with E-state index >= 15 is 0 Å². The minimum Gasteiger partial charge on any atom is -0.441 e. The highest BCUT2D eigenvalue weighted by Crippen LogP contribution is 2.29. The molecular formula is C11H20N2O2. The summed E-state index contributed by atoms with van der Waals surface area (Å²) >= 11 is 0. The van der Waals surface area contributed by atoms with Crippen molar-refractivity contribution < 1.29 is 9.53 Å². The maximum Gasteiger partial charge on any atom is 0.407 e. The summed E-state index contributed by atoms with van der Waals surface area (Å²) < 4.78 is 5.33. The molecule has 15 heavy (non-hydrogen) atoms. The van der Waals surface area contributed by atoms with Crippen molar-refractivity contribution in [3.8, 4) is 0 Å². The van der Waals surface area contributed by atoms with Gasteiger partial charge in [0.2, 0.25) is 0 Å². The standard InChI is InChI=1S/C11H20N2O2/c1-3-13-6-4-5-9(13)7-11(2)8-12-10(14)15-11/h9H,3-8H2,1-2H3,(H,12,14). The molecule has 2 rings (SSSR count). The van der Waals surface area contributed by atoms with Crippen LogP contribution in [0.25, 0.3) is 0 Å². The van der Waals surface area contributed by atoms with Crippen LogP contribution in [-0.4, -0.2) is 42.3 Å². The van der Waals surface area contributed by atoms with Crippen molar-refractivity contribution in [3.05, 3.63) is 0 Å². The summed E-state index contributed by atoms with van der Waals surface area (Å²) in [7, 11) is 0. The van der Waals surface area contributed by atoms with Crippen LogP contribution in [-0.2, 0) is 4.74 Å². The van der Waals surface area contributed by atoms with Crippen molar-refractivity contribution in [1.29, 1.82) is 0 Å². The average molecular weight is 212 g/mol. The molecule has 1 N–H and O–H groups in total.